The van der Waals surface area contributed by atoms with Crippen molar-refractivity contribution in [1.82, 2.24) is 4.98 Å². The molecule has 3 rings (SSSR count). The predicted octanol–water partition coefficient (Wildman–Crippen LogP) is 3.96. The summed E-state index contributed by atoms with van der Waals surface area (Å²) in [7, 11) is 0. The second kappa shape index (κ2) is 6.60. The van der Waals surface area contributed by atoms with Crippen LogP contribution in [0, 0.1) is 5.92 Å². The maximum atomic E-state index is 11.9. The Balaban J connectivity index is 1.58. The molecule has 0 spiro atoms. The smallest absolute Gasteiger partial charge is 0.412 e. The van der Waals surface area contributed by atoms with Crippen molar-refractivity contribution in [3.63, 3.8) is 0 Å². The number of nitrogens with zero attached hydrogens (tertiary/aromatic N) is 1. The van der Waals surface area contributed by atoms with Gasteiger partial charge >= 0.3 is 6.09 Å². The largest absolute Gasteiger partial charge is 0.444 e. The quantitative estimate of drug-likeness (QED) is 0.933. The van der Waals surface area contributed by atoms with E-state index in [0.717, 1.165) is 24.1 Å². The van der Waals surface area contributed by atoms with Gasteiger partial charge in [-0.3, -0.25) is 10.3 Å². The molecule has 1 heterocycles. The van der Waals surface area contributed by atoms with Gasteiger partial charge in [-0.2, -0.15) is 0 Å². The van der Waals surface area contributed by atoms with Crippen molar-refractivity contribution in [2.75, 3.05) is 5.32 Å². The zero-order chi connectivity index (χ0) is 15.4. The third kappa shape index (κ3) is 3.64. The van der Waals surface area contributed by atoms with Crippen molar-refractivity contribution in [2.24, 2.45) is 5.92 Å². The van der Waals surface area contributed by atoms with Crippen LogP contribution in [0.25, 0.3) is 0 Å². The highest BCUT2D eigenvalue weighted by molar-refractivity contribution is 5.84. The molecular weight excluding hydrogens is 276 g/mol. The van der Waals surface area contributed by atoms with Crippen molar-refractivity contribution >= 4 is 11.8 Å². The van der Waals surface area contributed by atoms with Gasteiger partial charge in [0.05, 0.1) is 11.9 Å². The van der Waals surface area contributed by atoms with Crippen molar-refractivity contribution in [3.05, 3.63) is 59.4 Å². The number of hydrogen-bond acceptors (Lipinski definition) is 3. The summed E-state index contributed by atoms with van der Waals surface area (Å²) in [6, 6.07) is 11.6. The molecular formula is C18H20N2O2. The van der Waals surface area contributed by atoms with Crippen LogP contribution in [0.3, 0.4) is 0 Å². The molecule has 0 aliphatic heterocycles. The van der Waals surface area contributed by atoms with Crippen molar-refractivity contribution in [1.29, 1.82) is 0 Å². The number of carbonyl (C=O) groups excluding carboxylic acids is 1. The third-order valence-corrected chi connectivity index (χ3v) is 3.96. The first-order valence-corrected chi connectivity index (χ1v) is 7.66. The van der Waals surface area contributed by atoms with Gasteiger partial charge < -0.3 is 4.74 Å². The lowest BCUT2D eigenvalue weighted by Crippen LogP contribution is -2.16. The Kier molecular flexibility index (Phi) is 4.37. The Labute approximate surface area is 130 Å². The minimum Gasteiger partial charge on any atom is -0.444 e. The Morgan fingerprint density at radius 1 is 1.36 bits per heavy atom. The average molecular weight is 296 g/mol. The van der Waals surface area contributed by atoms with E-state index in [1.807, 2.05) is 36.4 Å². The summed E-state index contributed by atoms with van der Waals surface area (Å²) in [4.78, 5) is 16.3. The standard InChI is InChI=1S/C18H20N2O2/c1-13-7-8-17-15(9-13)10-16(11-19-17)20-18(21)22-12-14-5-3-2-4-6-14/h2-6,10-11,13H,7-9,12H2,1H3,(H,20,21). The van der Waals surface area contributed by atoms with Gasteiger partial charge in [0.15, 0.2) is 0 Å². The number of benzene rings is 1. The first kappa shape index (κ1) is 14.6. The molecule has 1 aromatic carbocycles. The van der Waals surface area contributed by atoms with Gasteiger partial charge in [0, 0.05) is 5.69 Å². The second-order valence-electron chi connectivity index (χ2n) is 5.86. The fraction of sp³-hybridized carbons (Fsp3) is 0.333. The van der Waals surface area contributed by atoms with Crippen LogP contribution in [0.2, 0.25) is 0 Å². The SMILES string of the molecule is CC1CCc2ncc(NC(=O)OCc3ccccc3)cc2C1. The van der Waals surface area contributed by atoms with E-state index in [2.05, 4.69) is 17.2 Å². The molecule has 2 aromatic rings. The molecule has 1 atom stereocenters. The van der Waals surface area contributed by atoms with Gasteiger partial charge in [-0.05, 0) is 42.4 Å². The fourth-order valence-corrected chi connectivity index (χ4v) is 2.75. The lowest BCUT2D eigenvalue weighted by Gasteiger charge is -2.21. The zero-order valence-corrected chi connectivity index (χ0v) is 12.7. The van der Waals surface area contributed by atoms with E-state index in [4.69, 9.17) is 4.74 Å². The number of ether oxygens (including phenoxy) is 1. The molecule has 0 saturated carbocycles. The molecule has 1 aliphatic rings. The first-order valence-electron chi connectivity index (χ1n) is 7.66. The molecule has 1 amide bonds. The van der Waals surface area contributed by atoms with Crippen LogP contribution in [0.15, 0.2) is 42.6 Å². The monoisotopic (exact) mass is 296 g/mol. The fourth-order valence-electron chi connectivity index (χ4n) is 2.75. The Hall–Kier alpha value is -2.36. The summed E-state index contributed by atoms with van der Waals surface area (Å²) < 4.78 is 5.22. The Bertz CT molecular complexity index is 655. The van der Waals surface area contributed by atoms with Crippen LogP contribution in [-0.4, -0.2) is 11.1 Å². The predicted molar refractivity (Wildman–Crippen MR) is 85.7 cm³/mol. The molecule has 1 unspecified atom stereocenters. The van der Waals surface area contributed by atoms with Gasteiger partial charge in [-0.15, -0.1) is 0 Å². The molecule has 1 aromatic heterocycles. The number of aromatic nitrogens is 1. The number of carbonyl (C=O) groups is 1. The molecule has 0 radical (unpaired) electrons. The lowest BCUT2D eigenvalue weighted by atomic mass is 9.88. The number of aryl methyl sites for hydroxylation is 1. The normalized spacial score (nSPS) is 16.7. The van der Waals surface area contributed by atoms with E-state index in [0.29, 0.717) is 11.6 Å². The molecule has 4 heteroatoms. The molecule has 1 N–H and O–H groups in total. The highest BCUT2D eigenvalue weighted by Gasteiger charge is 2.17. The van der Waals surface area contributed by atoms with Gasteiger partial charge in [0.2, 0.25) is 0 Å². The highest BCUT2D eigenvalue weighted by atomic mass is 16.5. The van der Waals surface area contributed by atoms with Crippen LogP contribution in [0.5, 0.6) is 0 Å². The Morgan fingerprint density at radius 3 is 3.00 bits per heavy atom. The van der Waals surface area contributed by atoms with Gasteiger partial charge in [0.25, 0.3) is 0 Å². The van der Waals surface area contributed by atoms with E-state index in [9.17, 15) is 4.79 Å². The second-order valence-corrected chi connectivity index (χ2v) is 5.86. The van der Waals surface area contributed by atoms with Crippen LogP contribution in [0.1, 0.15) is 30.2 Å². The molecule has 114 valence electrons. The maximum absolute atomic E-state index is 11.9. The first-order chi connectivity index (χ1) is 10.7. The highest BCUT2D eigenvalue weighted by Crippen LogP contribution is 2.25. The topological polar surface area (TPSA) is 51.2 Å². The zero-order valence-electron chi connectivity index (χ0n) is 12.7. The third-order valence-electron chi connectivity index (χ3n) is 3.96. The Morgan fingerprint density at radius 2 is 2.18 bits per heavy atom. The minimum atomic E-state index is -0.450. The van der Waals surface area contributed by atoms with Crippen molar-refractivity contribution < 1.29 is 9.53 Å². The van der Waals surface area contributed by atoms with E-state index >= 15 is 0 Å². The molecule has 0 saturated heterocycles. The van der Waals surface area contributed by atoms with Crippen LogP contribution in [0.4, 0.5) is 10.5 Å². The van der Waals surface area contributed by atoms with E-state index in [1.54, 1.807) is 6.20 Å². The average Bonchev–Trinajstić information content (AvgIpc) is 2.53. The number of anilines is 1. The number of pyridine rings is 1. The molecule has 1 aliphatic carbocycles. The number of nitrogens with one attached hydrogen (secondary N) is 1. The molecule has 0 fully saturated rings. The van der Waals surface area contributed by atoms with Crippen LogP contribution in [-0.2, 0) is 24.2 Å². The lowest BCUT2D eigenvalue weighted by molar-refractivity contribution is 0.155. The van der Waals surface area contributed by atoms with Crippen molar-refractivity contribution in [2.45, 2.75) is 32.8 Å². The maximum Gasteiger partial charge on any atom is 0.412 e. The van der Waals surface area contributed by atoms with Gasteiger partial charge in [0.1, 0.15) is 6.61 Å². The summed E-state index contributed by atoms with van der Waals surface area (Å²) in [5, 5.41) is 2.75. The molecule has 4 nitrogen and oxygen atoms in total. The number of amides is 1. The number of hydrogen-bond donors (Lipinski definition) is 1. The summed E-state index contributed by atoms with van der Waals surface area (Å²) in [5.74, 6) is 0.676. The number of fused-ring (bicyclic) bond motifs is 1. The van der Waals surface area contributed by atoms with E-state index < -0.39 is 6.09 Å². The van der Waals surface area contributed by atoms with Crippen molar-refractivity contribution in [3.8, 4) is 0 Å². The summed E-state index contributed by atoms with van der Waals surface area (Å²) in [5.41, 5.74) is 4.06. The van der Waals surface area contributed by atoms with Crippen LogP contribution < -0.4 is 5.32 Å². The molecule has 22 heavy (non-hydrogen) atoms. The van der Waals surface area contributed by atoms with Gasteiger partial charge in [-0.25, -0.2) is 4.79 Å². The summed E-state index contributed by atoms with van der Waals surface area (Å²) in [6.07, 6.45) is 4.49. The van der Waals surface area contributed by atoms with E-state index in [-0.39, 0.29) is 6.61 Å². The van der Waals surface area contributed by atoms with Crippen LogP contribution >= 0.6 is 0 Å². The summed E-state index contributed by atoms with van der Waals surface area (Å²) in [6.45, 7) is 2.51. The molecule has 0 bridgehead atoms. The minimum absolute atomic E-state index is 0.266. The van der Waals surface area contributed by atoms with E-state index in [1.165, 1.54) is 12.0 Å². The number of rotatable bonds is 3. The summed E-state index contributed by atoms with van der Waals surface area (Å²) >= 11 is 0. The van der Waals surface area contributed by atoms with Gasteiger partial charge in [-0.1, -0.05) is 37.3 Å².